The van der Waals surface area contributed by atoms with Crippen molar-refractivity contribution in [3.05, 3.63) is 142 Å². The van der Waals surface area contributed by atoms with Crippen molar-refractivity contribution in [2.24, 2.45) is 0 Å². The Kier molecular flexibility index (Phi) is 7.21. The molecule has 0 saturated carbocycles. The van der Waals surface area contributed by atoms with Crippen LogP contribution in [0.5, 0.6) is 0 Å². The van der Waals surface area contributed by atoms with Gasteiger partial charge in [-0.2, -0.15) is 0 Å². The van der Waals surface area contributed by atoms with Crippen LogP contribution < -0.4 is 5.32 Å². The summed E-state index contributed by atoms with van der Waals surface area (Å²) in [5.74, 6) is -1.18. The number of benzene rings is 3. The first-order chi connectivity index (χ1) is 18.5. The van der Waals surface area contributed by atoms with Crippen molar-refractivity contribution < 1.29 is 14.1 Å². The molecule has 7 nitrogen and oxygen atoms in total. The van der Waals surface area contributed by atoms with Gasteiger partial charge in [0.2, 0.25) is 5.91 Å². The second-order valence-electron chi connectivity index (χ2n) is 9.07. The molecule has 190 valence electrons. The minimum atomic E-state index is -0.532. The molecule has 0 unspecified atom stereocenters. The van der Waals surface area contributed by atoms with Crippen molar-refractivity contribution in [1.29, 1.82) is 0 Å². The number of carbonyl (C=O) groups excluding carboxylic acids is 1. The highest BCUT2D eigenvalue weighted by Crippen LogP contribution is 2.37. The van der Waals surface area contributed by atoms with Gasteiger partial charge in [0, 0.05) is 54.3 Å². The molecule has 38 heavy (non-hydrogen) atoms. The Morgan fingerprint density at radius 2 is 1.82 bits per heavy atom. The molecule has 0 bridgehead atoms. The maximum absolute atomic E-state index is 14.3. The predicted molar refractivity (Wildman–Crippen MR) is 143 cm³/mol. The molecule has 0 fully saturated rings. The number of hydrogen-bond donors (Lipinski definition) is 1. The molecule has 5 aromatic rings. The lowest BCUT2D eigenvalue weighted by atomic mass is 9.88. The molecule has 0 aliphatic carbocycles. The Bertz CT molecular complexity index is 1590. The molecule has 1 N–H and O–H groups in total. The summed E-state index contributed by atoms with van der Waals surface area (Å²) in [6.07, 6.45) is 3.61. The summed E-state index contributed by atoms with van der Waals surface area (Å²) in [4.78, 5) is 28.5. The van der Waals surface area contributed by atoms with Crippen molar-refractivity contribution in [3.63, 3.8) is 0 Å². The summed E-state index contributed by atoms with van der Waals surface area (Å²) >= 11 is 0. The van der Waals surface area contributed by atoms with Gasteiger partial charge in [0.25, 0.3) is 5.69 Å². The fraction of sp³-hybridized carbons (Fsp3) is 0.133. The number of nitro benzene ring substituents is 1. The maximum atomic E-state index is 14.3. The summed E-state index contributed by atoms with van der Waals surface area (Å²) < 4.78 is 16.3. The minimum absolute atomic E-state index is 0.0312. The standard InChI is InChI=1S/C30H25FN4O3/c31-23-10-6-9-22(15-23)26(17-30(36)33-18-24-11-4-5-14-32-24)28-20-34(19-21-7-2-1-3-8-21)29-13-12-25(35(37)38)16-27(28)29/h1-16,20,26H,17-19H2,(H,33,36)/t26-/m0/s1. The first-order valence-corrected chi connectivity index (χ1v) is 12.2. The van der Waals surface area contributed by atoms with Crippen LogP contribution in [0.3, 0.4) is 0 Å². The van der Waals surface area contributed by atoms with Crippen LogP contribution in [0.1, 0.15) is 34.7 Å². The lowest BCUT2D eigenvalue weighted by Crippen LogP contribution is -2.25. The van der Waals surface area contributed by atoms with Gasteiger partial charge in [-0.1, -0.05) is 48.5 Å². The predicted octanol–water partition coefficient (Wildman–Crippen LogP) is 5.97. The minimum Gasteiger partial charge on any atom is -0.350 e. The number of fused-ring (bicyclic) bond motifs is 1. The smallest absolute Gasteiger partial charge is 0.270 e. The summed E-state index contributed by atoms with van der Waals surface area (Å²) in [6.45, 7) is 0.799. The third-order valence-corrected chi connectivity index (χ3v) is 6.51. The SMILES string of the molecule is O=C(C[C@@H](c1cccc(F)c1)c1cn(Cc2ccccc2)c2ccc([N+](=O)[O-])cc12)NCc1ccccn1. The van der Waals surface area contributed by atoms with E-state index in [0.717, 1.165) is 22.3 Å². The van der Waals surface area contributed by atoms with Gasteiger partial charge >= 0.3 is 0 Å². The zero-order valence-corrected chi connectivity index (χ0v) is 20.5. The molecule has 0 aliphatic rings. The Hall–Kier alpha value is -4.85. The van der Waals surface area contributed by atoms with Crippen LogP contribution in [0.2, 0.25) is 0 Å². The molecule has 0 radical (unpaired) electrons. The molecule has 1 atom stereocenters. The van der Waals surface area contributed by atoms with E-state index in [0.29, 0.717) is 17.5 Å². The second-order valence-corrected chi connectivity index (χ2v) is 9.07. The van der Waals surface area contributed by atoms with E-state index in [1.54, 1.807) is 30.5 Å². The molecular weight excluding hydrogens is 483 g/mol. The number of hydrogen-bond acceptors (Lipinski definition) is 4. The number of nitrogens with one attached hydrogen (secondary N) is 1. The topological polar surface area (TPSA) is 90.1 Å². The molecule has 2 heterocycles. The van der Waals surface area contributed by atoms with Gasteiger partial charge in [-0.3, -0.25) is 19.9 Å². The van der Waals surface area contributed by atoms with E-state index in [9.17, 15) is 19.3 Å². The van der Waals surface area contributed by atoms with Crippen molar-refractivity contribution in [1.82, 2.24) is 14.9 Å². The van der Waals surface area contributed by atoms with Gasteiger partial charge in [-0.05, 0) is 47.0 Å². The van der Waals surface area contributed by atoms with E-state index < -0.39 is 16.7 Å². The molecule has 1 amide bonds. The zero-order valence-electron chi connectivity index (χ0n) is 20.5. The van der Waals surface area contributed by atoms with Crippen LogP contribution in [0.25, 0.3) is 10.9 Å². The Morgan fingerprint density at radius 3 is 2.55 bits per heavy atom. The largest absolute Gasteiger partial charge is 0.350 e. The third-order valence-electron chi connectivity index (χ3n) is 6.51. The molecule has 5 rings (SSSR count). The van der Waals surface area contributed by atoms with Gasteiger partial charge in [0.05, 0.1) is 17.2 Å². The van der Waals surface area contributed by atoms with Gasteiger partial charge in [0.15, 0.2) is 0 Å². The quantitative estimate of drug-likeness (QED) is 0.196. The Labute approximate surface area is 218 Å². The van der Waals surface area contributed by atoms with E-state index in [-0.39, 0.29) is 24.6 Å². The molecule has 0 spiro atoms. The second kappa shape index (κ2) is 11.0. The summed E-state index contributed by atoms with van der Waals surface area (Å²) in [5, 5.41) is 15.2. The molecule has 3 aromatic carbocycles. The molecule has 0 saturated heterocycles. The van der Waals surface area contributed by atoms with Crippen LogP contribution in [-0.4, -0.2) is 20.4 Å². The number of carbonyl (C=O) groups is 1. The van der Waals surface area contributed by atoms with Gasteiger partial charge in [-0.25, -0.2) is 4.39 Å². The average molecular weight is 509 g/mol. The van der Waals surface area contributed by atoms with E-state index in [2.05, 4.69) is 10.3 Å². The normalized spacial score (nSPS) is 11.8. The van der Waals surface area contributed by atoms with Crippen LogP contribution in [-0.2, 0) is 17.9 Å². The van der Waals surface area contributed by atoms with Gasteiger partial charge < -0.3 is 9.88 Å². The molecule has 2 aromatic heterocycles. The number of pyridine rings is 1. The van der Waals surface area contributed by atoms with E-state index in [1.807, 2.05) is 53.2 Å². The monoisotopic (exact) mass is 508 g/mol. The lowest BCUT2D eigenvalue weighted by Gasteiger charge is -2.17. The highest BCUT2D eigenvalue weighted by atomic mass is 19.1. The lowest BCUT2D eigenvalue weighted by molar-refractivity contribution is -0.384. The Morgan fingerprint density at radius 1 is 1.00 bits per heavy atom. The van der Waals surface area contributed by atoms with Crippen LogP contribution >= 0.6 is 0 Å². The molecule has 8 heteroatoms. The van der Waals surface area contributed by atoms with Crippen molar-refractivity contribution in [2.75, 3.05) is 0 Å². The van der Waals surface area contributed by atoms with Crippen LogP contribution in [0, 0.1) is 15.9 Å². The fourth-order valence-corrected chi connectivity index (χ4v) is 4.69. The number of aromatic nitrogens is 2. The maximum Gasteiger partial charge on any atom is 0.270 e. The third kappa shape index (κ3) is 5.59. The highest BCUT2D eigenvalue weighted by Gasteiger charge is 2.25. The summed E-state index contributed by atoms with van der Waals surface area (Å²) in [7, 11) is 0. The van der Waals surface area contributed by atoms with Crippen molar-refractivity contribution in [2.45, 2.75) is 25.4 Å². The number of amides is 1. The zero-order chi connectivity index (χ0) is 26.5. The summed E-state index contributed by atoms with van der Waals surface area (Å²) in [6, 6.07) is 26.2. The van der Waals surface area contributed by atoms with Crippen molar-refractivity contribution in [3.8, 4) is 0 Å². The number of nitrogens with zero attached hydrogens (tertiary/aromatic N) is 3. The van der Waals surface area contributed by atoms with Crippen LogP contribution in [0.15, 0.2) is 103 Å². The van der Waals surface area contributed by atoms with Crippen LogP contribution in [0.4, 0.5) is 10.1 Å². The van der Waals surface area contributed by atoms with Gasteiger partial charge in [-0.15, -0.1) is 0 Å². The number of nitro groups is 1. The Balaban J connectivity index is 1.57. The first kappa shape index (κ1) is 24.8. The first-order valence-electron chi connectivity index (χ1n) is 12.2. The highest BCUT2D eigenvalue weighted by molar-refractivity contribution is 5.88. The molecule has 0 aliphatic heterocycles. The van der Waals surface area contributed by atoms with Crippen molar-refractivity contribution >= 4 is 22.5 Å². The fourth-order valence-electron chi connectivity index (χ4n) is 4.69. The number of rotatable bonds is 9. The average Bonchev–Trinajstić information content (AvgIpc) is 3.28. The van der Waals surface area contributed by atoms with E-state index in [1.165, 1.54) is 24.3 Å². The molecular formula is C30H25FN4O3. The van der Waals surface area contributed by atoms with E-state index >= 15 is 0 Å². The van der Waals surface area contributed by atoms with Gasteiger partial charge in [0.1, 0.15) is 5.82 Å². The van der Waals surface area contributed by atoms with E-state index in [4.69, 9.17) is 0 Å². The number of halogens is 1. The summed E-state index contributed by atoms with van der Waals surface area (Å²) in [5.41, 5.74) is 3.86. The number of non-ortho nitro benzene ring substituents is 1.